The molecule has 5 nitrogen and oxygen atoms in total. The number of imide groups is 1. The van der Waals surface area contributed by atoms with Crippen LogP contribution in [0, 0.1) is 11.8 Å². The molecule has 0 aromatic heterocycles. The molecule has 1 saturated carbocycles. The van der Waals surface area contributed by atoms with Crippen LogP contribution in [0.2, 0.25) is 15.1 Å². The van der Waals surface area contributed by atoms with E-state index in [1.165, 1.54) is 5.01 Å². The minimum atomic E-state index is -0.535. The van der Waals surface area contributed by atoms with Gasteiger partial charge in [-0.25, -0.2) is 5.01 Å². The summed E-state index contributed by atoms with van der Waals surface area (Å²) in [5, 5.41) is 3.21. The van der Waals surface area contributed by atoms with Gasteiger partial charge >= 0.3 is 0 Å². The largest absolute Gasteiger partial charge is 0.274 e. The maximum Gasteiger partial charge on any atom is 0.274 e. The molecule has 2 fully saturated rings. The average molecular weight is 466 g/mol. The summed E-state index contributed by atoms with van der Waals surface area (Å²) >= 11 is 18.5. The monoisotopic (exact) mass is 464 g/mol. The molecule has 30 heavy (non-hydrogen) atoms. The molecule has 0 radical (unpaired) electrons. The van der Waals surface area contributed by atoms with E-state index in [2.05, 4.69) is 0 Å². The summed E-state index contributed by atoms with van der Waals surface area (Å²) in [5.74, 6) is -1.97. The van der Waals surface area contributed by atoms with Gasteiger partial charge in [0.25, 0.3) is 17.7 Å². The molecule has 2 aromatic carbocycles. The molecular weight excluding hydrogens is 447 g/mol. The zero-order valence-electron chi connectivity index (χ0n) is 16.0. The van der Waals surface area contributed by atoms with Crippen LogP contribution in [0.15, 0.2) is 42.5 Å². The molecular formula is C22H19Cl3N2O3. The molecule has 0 bridgehead atoms. The Morgan fingerprint density at radius 2 is 1.57 bits per heavy atom. The molecule has 2 aliphatic rings. The zero-order valence-corrected chi connectivity index (χ0v) is 18.3. The molecule has 0 N–H and O–H groups in total. The van der Waals surface area contributed by atoms with Gasteiger partial charge < -0.3 is 0 Å². The van der Waals surface area contributed by atoms with Gasteiger partial charge in [-0.3, -0.25) is 14.4 Å². The number of hydrazine groups is 1. The highest BCUT2D eigenvalue weighted by Gasteiger charge is 2.51. The van der Waals surface area contributed by atoms with E-state index in [0.29, 0.717) is 28.5 Å². The number of carbonyl (C=O) groups excluding carboxylic acids is 3. The van der Waals surface area contributed by atoms with Crippen LogP contribution in [0.25, 0.3) is 0 Å². The van der Waals surface area contributed by atoms with Crippen molar-refractivity contribution in [2.45, 2.75) is 32.2 Å². The van der Waals surface area contributed by atoms with E-state index in [4.69, 9.17) is 34.8 Å². The summed E-state index contributed by atoms with van der Waals surface area (Å²) in [6, 6.07) is 11.4. The zero-order chi connectivity index (χ0) is 21.4. The van der Waals surface area contributed by atoms with Crippen molar-refractivity contribution in [2.24, 2.45) is 11.8 Å². The summed E-state index contributed by atoms with van der Waals surface area (Å²) in [7, 11) is 0. The minimum Gasteiger partial charge on any atom is -0.272 e. The van der Waals surface area contributed by atoms with Crippen molar-refractivity contribution in [3.05, 3.63) is 68.7 Å². The molecule has 4 rings (SSSR count). The quantitative estimate of drug-likeness (QED) is 0.570. The second-order valence-electron chi connectivity index (χ2n) is 7.56. The van der Waals surface area contributed by atoms with E-state index in [1.54, 1.807) is 42.5 Å². The maximum atomic E-state index is 13.5. The number of hydrogen-bond acceptors (Lipinski definition) is 3. The average Bonchev–Trinajstić information content (AvgIpc) is 2.98. The Balaban J connectivity index is 1.75. The SMILES string of the molecule is O=C(c1ccccc1Cl)N(Cc1ccc(Cl)cc1Cl)N1C(=O)[C@H]2CCCC[C@@H]2C1=O. The Labute approximate surface area is 189 Å². The summed E-state index contributed by atoms with van der Waals surface area (Å²) in [5.41, 5.74) is 0.775. The molecule has 0 spiro atoms. The van der Waals surface area contributed by atoms with Gasteiger partial charge in [-0.05, 0) is 42.7 Å². The van der Waals surface area contributed by atoms with Crippen LogP contribution in [0.4, 0.5) is 0 Å². The fourth-order valence-electron chi connectivity index (χ4n) is 4.20. The van der Waals surface area contributed by atoms with Gasteiger partial charge in [0.05, 0.1) is 29.0 Å². The number of nitrogens with zero attached hydrogens (tertiary/aromatic N) is 2. The van der Waals surface area contributed by atoms with Crippen molar-refractivity contribution in [1.82, 2.24) is 10.0 Å². The van der Waals surface area contributed by atoms with Gasteiger partial charge in [-0.15, -0.1) is 0 Å². The lowest BCUT2D eigenvalue weighted by molar-refractivity contribution is -0.155. The van der Waals surface area contributed by atoms with E-state index in [9.17, 15) is 14.4 Å². The fourth-order valence-corrected chi connectivity index (χ4v) is 4.89. The second-order valence-corrected chi connectivity index (χ2v) is 8.81. The first-order valence-corrected chi connectivity index (χ1v) is 10.9. The number of rotatable bonds is 4. The molecule has 1 heterocycles. The predicted octanol–water partition coefficient (Wildman–Crippen LogP) is 5.38. The number of benzene rings is 2. The second kappa shape index (κ2) is 8.58. The normalized spacial score (nSPS) is 21.0. The van der Waals surface area contributed by atoms with Crippen LogP contribution in [-0.2, 0) is 16.1 Å². The highest BCUT2D eigenvalue weighted by Crippen LogP contribution is 2.39. The fraction of sp³-hybridized carbons (Fsp3) is 0.318. The molecule has 3 amide bonds. The Morgan fingerprint density at radius 3 is 2.17 bits per heavy atom. The first-order valence-electron chi connectivity index (χ1n) is 9.76. The lowest BCUT2D eigenvalue weighted by Gasteiger charge is -2.31. The van der Waals surface area contributed by atoms with Crippen molar-refractivity contribution in [3.8, 4) is 0 Å². The number of amides is 3. The standard InChI is InChI=1S/C22H19Cl3N2O3/c23-14-10-9-13(19(25)11-14)12-26(20(28)17-7-3-4-8-18(17)24)27-21(29)15-5-1-2-6-16(15)22(27)30/h3-4,7-11,15-16H,1-2,5-6,12H2/t15-,16-/m0/s1. The molecule has 1 aliphatic carbocycles. The van der Waals surface area contributed by atoms with Crippen LogP contribution in [-0.4, -0.2) is 27.7 Å². The van der Waals surface area contributed by atoms with Crippen molar-refractivity contribution in [3.63, 3.8) is 0 Å². The van der Waals surface area contributed by atoms with Gasteiger partial charge in [0.15, 0.2) is 0 Å². The summed E-state index contributed by atoms with van der Waals surface area (Å²) in [6.45, 7) is -0.0586. The van der Waals surface area contributed by atoms with Crippen LogP contribution in [0.3, 0.4) is 0 Å². The third kappa shape index (κ3) is 3.82. The molecule has 2 atom stereocenters. The van der Waals surface area contributed by atoms with Crippen LogP contribution >= 0.6 is 34.8 Å². The molecule has 156 valence electrons. The highest BCUT2D eigenvalue weighted by molar-refractivity contribution is 6.35. The molecule has 1 saturated heterocycles. The van der Waals surface area contributed by atoms with Crippen molar-refractivity contribution in [1.29, 1.82) is 0 Å². The van der Waals surface area contributed by atoms with Crippen LogP contribution in [0.5, 0.6) is 0 Å². The van der Waals surface area contributed by atoms with E-state index < -0.39 is 5.91 Å². The summed E-state index contributed by atoms with van der Waals surface area (Å²) < 4.78 is 0. The highest BCUT2D eigenvalue weighted by atomic mass is 35.5. The van der Waals surface area contributed by atoms with Gasteiger partial charge in [0.1, 0.15) is 0 Å². The van der Waals surface area contributed by atoms with E-state index in [1.807, 2.05) is 0 Å². The van der Waals surface area contributed by atoms with Crippen molar-refractivity contribution < 1.29 is 14.4 Å². The number of carbonyl (C=O) groups is 3. The smallest absolute Gasteiger partial charge is 0.272 e. The Bertz CT molecular complexity index is 1000. The predicted molar refractivity (Wildman–Crippen MR) is 115 cm³/mol. The Hall–Kier alpha value is -2.08. The summed E-state index contributed by atoms with van der Waals surface area (Å²) in [4.78, 5) is 39.8. The first kappa shape index (κ1) is 21.2. The van der Waals surface area contributed by atoms with E-state index in [-0.39, 0.29) is 40.8 Å². The topological polar surface area (TPSA) is 57.7 Å². The molecule has 1 aliphatic heterocycles. The van der Waals surface area contributed by atoms with Gasteiger partial charge in [-0.1, -0.05) is 65.8 Å². The minimum absolute atomic E-state index is 0.0586. The Morgan fingerprint density at radius 1 is 0.933 bits per heavy atom. The van der Waals surface area contributed by atoms with Gasteiger partial charge in [0.2, 0.25) is 0 Å². The third-order valence-corrected chi connectivity index (χ3v) is 6.65. The van der Waals surface area contributed by atoms with Crippen LogP contribution < -0.4 is 0 Å². The molecule has 0 unspecified atom stereocenters. The lowest BCUT2D eigenvalue weighted by atomic mass is 9.81. The lowest BCUT2D eigenvalue weighted by Crippen LogP contribution is -2.49. The van der Waals surface area contributed by atoms with Gasteiger partial charge in [-0.2, -0.15) is 5.01 Å². The molecule has 2 aromatic rings. The number of halogens is 3. The third-order valence-electron chi connectivity index (χ3n) is 5.73. The number of fused-ring (bicyclic) bond motifs is 1. The maximum absolute atomic E-state index is 13.5. The molecule has 8 heteroatoms. The number of hydrogen-bond donors (Lipinski definition) is 0. The van der Waals surface area contributed by atoms with Gasteiger partial charge in [0, 0.05) is 10.0 Å². The van der Waals surface area contributed by atoms with E-state index in [0.717, 1.165) is 17.9 Å². The van der Waals surface area contributed by atoms with Crippen molar-refractivity contribution in [2.75, 3.05) is 0 Å². The van der Waals surface area contributed by atoms with E-state index >= 15 is 0 Å². The Kier molecular flexibility index (Phi) is 6.05. The first-order chi connectivity index (χ1) is 14.4. The van der Waals surface area contributed by atoms with Crippen LogP contribution in [0.1, 0.15) is 41.6 Å². The van der Waals surface area contributed by atoms with Crippen molar-refractivity contribution >= 4 is 52.5 Å². The summed E-state index contributed by atoms with van der Waals surface area (Å²) in [6.07, 6.45) is 3.11.